The number of nitrogens with zero attached hydrogens (tertiary/aromatic N) is 2. The maximum atomic E-state index is 13.2. The highest BCUT2D eigenvalue weighted by atomic mass is 79.9. The van der Waals surface area contributed by atoms with Gasteiger partial charge in [0.15, 0.2) is 5.01 Å². The number of fused-ring (bicyclic) bond motifs is 1. The van der Waals surface area contributed by atoms with Gasteiger partial charge in [-0.1, -0.05) is 33.3 Å². The number of halogens is 2. The van der Waals surface area contributed by atoms with Crippen molar-refractivity contribution in [3.8, 4) is 10.6 Å². The molecule has 2 aromatic carbocycles. The van der Waals surface area contributed by atoms with Gasteiger partial charge >= 0.3 is 5.63 Å². The third-order valence-electron chi connectivity index (χ3n) is 3.43. The molecular formula is C17H9BrFN3O2S. The van der Waals surface area contributed by atoms with Crippen molar-refractivity contribution in [2.45, 2.75) is 0 Å². The van der Waals surface area contributed by atoms with Gasteiger partial charge in [-0.15, -0.1) is 10.2 Å². The molecule has 2 heterocycles. The fourth-order valence-electron chi connectivity index (χ4n) is 2.32. The Kier molecular flexibility index (Phi) is 4.06. The average Bonchev–Trinajstić information content (AvgIpc) is 3.03. The molecular weight excluding hydrogens is 409 g/mol. The number of aromatic nitrogens is 2. The van der Waals surface area contributed by atoms with E-state index in [1.165, 1.54) is 23.5 Å². The first kappa shape index (κ1) is 15.9. The molecule has 124 valence electrons. The smallest absolute Gasteiger partial charge is 0.346 e. The van der Waals surface area contributed by atoms with E-state index in [-0.39, 0.29) is 5.82 Å². The second-order valence-electron chi connectivity index (χ2n) is 5.18. The Balaban J connectivity index is 1.71. The predicted molar refractivity (Wildman–Crippen MR) is 98.8 cm³/mol. The van der Waals surface area contributed by atoms with Gasteiger partial charge < -0.3 is 9.73 Å². The third-order valence-corrected chi connectivity index (χ3v) is 4.79. The van der Waals surface area contributed by atoms with Gasteiger partial charge in [0.1, 0.15) is 11.4 Å². The van der Waals surface area contributed by atoms with Crippen LogP contribution in [-0.4, -0.2) is 10.2 Å². The Morgan fingerprint density at radius 1 is 1.12 bits per heavy atom. The van der Waals surface area contributed by atoms with Gasteiger partial charge in [-0.2, -0.15) is 0 Å². The largest absolute Gasteiger partial charge is 0.422 e. The predicted octanol–water partition coefficient (Wildman–Crippen LogP) is 4.96. The lowest BCUT2D eigenvalue weighted by molar-refractivity contribution is 0.563. The van der Waals surface area contributed by atoms with Crippen LogP contribution in [0.15, 0.2) is 62.2 Å². The molecule has 0 amide bonds. The van der Waals surface area contributed by atoms with E-state index in [4.69, 9.17) is 4.42 Å². The van der Waals surface area contributed by atoms with Crippen molar-refractivity contribution in [2.24, 2.45) is 0 Å². The van der Waals surface area contributed by atoms with Crippen molar-refractivity contribution in [2.75, 3.05) is 5.32 Å². The van der Waals surface area contributed by atoms with E-state index in [1.807, 2.05) is 6.07 Å². The van der Waals surface area contributed by atoms with Crippen molar-refractivity contribution in [1.82, 2.24) is 10.2 Å². The summed E-state index contributed by atoms with van der Waals surface area (Å²) in [6.07, 6.45) is 0. The summed E-state index contributed by atoms with van der Waals surface area (Å²) < 4.78 is 19.5. The molecule has 0 saturated heterocycles. The van der Waals surface area contributed by atoms with Crippen LogP contribution in [0.3, 0.4) is 0 Å². The summed E-state index contributed by atoms with van der Waals surface area (Å²) in [6, 6.07) is 13.1. The van der Waals surface area contributed by atoms with Crippen LogP contribution < -0.4 is 10.9 Å². The molecule has 0 aliphatic rings. The average molecular weight is 418 g/mol. The first-order chi connectivity index (χ1) is 12.1. The molecule has 25 heavy (non-hydrogen) atoms. The summed E-state index contributed by atoms with van der Waals surface area (Å²) in [5.74, 6) is -0.351. The minimum absolute atomic E-state index is 0.329. The standard InChI is InChI=1S/C17H9BrFN3O2S/c18-10-4-5-14-9(6-10)7-13(16(23)24-14)15-21-22-17(25-15)20-12-3-1-2-11(19)8-12/h1-8H,(H,20,22). The van der Waals surface area contributed by atoms with E-state index in [1.54, 1.807) is 30.3 Å². The molecule has 0 spiro atoms. The second kappa shape index (κ2) is 6.38. The van der Waals surface area contributed by atoms with Crippen LogP contribution in [0.25, 0.3) is 21.5 Å². The van der Waals surface area contributed by atoms with E-state index in [0.29, 0.717) is 27.0 Å². The molecule has 0 atom stereocenters. The highest BCUT2D eigenvalue weighted by Crippen LogP contribution is 2.29. The maximum Gasteiger partial charge on any atom is 0.346 e. The first-order valence-electron chi connectivity index (χ1n) is 7.18. The zero-order chi connectivity index (χ0) is 17.4. The fourth-order valence-corrected chi connectivity index (χ4v) is 3.46. The number of benzene rings is 2. The van der Waals surface area contributed by atoms with Crippen LogP contribution in [-0.2, 0) is 0 Å². The third kappa shape index (κ3) is 3.31. The topological polar surface area (TPSA) is 68.0 Å². The van der Waals surface area contributed by atoms with Crippen LogP contribution >= 0.6 is 27.3 Å². The van der Waals surface area contributed by atoms with Crippen molar-refractivity contribution in [3.63, 3.8) is 0 Å². The number of hydrogen-bond acceptors (Lipinski definition) is 6. The summed E-state index contributed by atoms with van der Waals surface area (Å²) >= 11 is 4.58. The molecule has 2 aromatic heterocycles. The van der Waals surface area contributed by atoms with E-state index in [9.17, 15) is 9.18 Å². The van der Waals surface area contributed by atoms with Gasteiger partial charge in [0, 0.05) is 15.5 Å². The molecule has 0 aliphatic heterocycles. The minimum Gasteiger partial charge on any atom is -0.422 e. The zero-order valence-electron chi connectivity index (χ0n) is 12.5. The summed E-state index contributed by atoms with van der Waals surface area (Å²) in [4.78, 5) is 12.2. The lowest BCUT2D eigenvalue weighted by atomic mass is 10.2. The Morgan fingerprint density at radius 3 is 2.84 bits per heavy atom. The lowest BCUT2D eigenvalue weighted by Gasteiger charge is -2.01. The summed E-state index contributed by atoms with van der Waals surface area (Å²) in [6.45, 7) is 0. The van der Waals surface area contributed by atoms with Crippen LogP contribution in [0.2, 0.25) is 0 Å². The number of anilines is 2. The van der Waals surface area contributed by atoms with E-state index in [0.717, 1.165) is 9.86 Å². The number of hydrogen-bond donors (Lipinski definition) is 1. The highest BCUT2D eigenvalue weighted by Gasteiger charge is 2.13. The summed E-state index contributed by atoms with van der Waals surface area (Å²) in [7, 11) is 0. The quantitative estimate of drug-likeness (QED) is 0.477. The molecule has 8 heteroatoms. The molecule has 0 aliphatic carbocycles. The van der Waals surface area contributed by atoms with Gasteiger partial charge in [-0.05, 0) is 42.5 Å². The van der Waals surface area contributed by atoms with Crippen molar-refractivity contribution in [1.29, 1.82) is 0 Å². The Labute approximate surface area is 153 Å². The molecule has 5 nitrogen and oxygen atoms in total. The van der Waals surface area contributed by atoms with Gasteiger partial charge in [-0.25, -0.2) is 9.18 Å². The highest BCUT2D eigenvalue weighted by molar-refractivity contribution is 9.10. The molecule has 0 radical (unpaired) electrons. The Bertz CT molecular complexity index is 1140. The van der Waals surface area contributed by atoms with Crippen molar-refractivity contribution < 1.29 is 8.81 Å². The Hall–Kier alpha value is -2.58. The molecule has 0 unspecified atom stereocenters. The van der Waals surface area contributed by atoms with Crippen LogP contribution in [0.5, 0.6) is 0 Å². The molecule has 1 N–H and O–H groups in total. The zero-order valence-corrected chi connectivity index (χ0v) is 14.9. The summed E-state index contributed by atoms with van der Waals surface area (Å²) in [5.41, 5.74) is 0.899. The monoisotopic (exact) mass is 417 g/mol. The number of rotatable bonds is 3. The summed E-state index contributed by atoms with van der Waals surface area (Å²) in [5, 5.41) is 12.7. The van der Waals surface area contributed by atoms with Crippen LogP contribution in [0.1, 0.15) is 0 Å². The van der Waals surface area contributed by atoms with Gasteiger partial charge in [-0.3, -0.25) is 0 Å². The number of nitrogens with one attached hydrogen (secondary N) is 1. The Morgan fingerprint density at radius 2 is 2.00 bits per heavy atom. The van der Waals surface area contributed by atoms with Gasteiger partial charge in [0.2, 0.25) is 5.13 Å². The SMILES string of the molecule is O=c1oc2ccc(Br)cc2cc1-c1nnc(Nc2cccc(F)c2)s1. The minimum atomic E-state index is -0.483. The van der Waals surface area contributed by atoms with Crippen molar-refractivity contribution in [3.05, 3.63) is 69.2 Å². The lowest BCUT2D eigenvalue weighted by Crippen LogP contribution is -2.02. The van der Waals surface area contributed by atoms with Gasteiger partial charge in [0.25, 0.3) is 0 Å². The molecule has 4 rings (SSSR count). The second-order valence-corrected chi connectivity index (χ2v) is 7.07. The normalized spacial score (nSPS) is 11.0. The van der Waals surface area contributed by atoms with E-state index < -0.39 is 5.63 Å². The molecule has 4 aromatic rings. The van der Waals surface area contributed by atoms with Crippen LogP contribution in [0, 0.1) is 5.82 Å². The van der Waals surface area contributed by atoms with Crippen molar-refractivity contribution >= 4 is 49.1 Å². The molecule has 0 bridgehead atoms. The van der Waals surface area contributed by atoms with E-state index in [2.05, 4.69) is 31.4 Å². The molecule has 0 saturated carbocycles. The maximum absolute atomic E-state index is 13.2. The van der Waals surface area contributed by atoms with Crippen LogP contribution in [0.4, 0.5) is 15.2 Å². The first-order valence-corrected chi connectivity index (χ1v) is 8.79. The fraction of sp³-hybridized carbons (Fsp3) is 0. The molecule has 0 fully saturated rings. The van der Waals surface area contributed by atoms with Gasteiger partial charge in [0.05, 0.1) is 5.56 Å². The van der Waals surface area contributed by atoms with E-state index >= 15 is 0 Å².